The molecular weight excluding hydrogens is 566 g/mol. The van der Waals surface area contributed by atoms with Gasteiger partial charge in [0, 0.05) is 41.5 Å². The molecule has 1 fully saturated rings. The van der Waals surface area contributed by atoms with Gasteiger partial charge in [0.1, 0.15) is 24.2 Å². The second-order valence-corrected chi connectivity index (χ2v) is 12.5. The van der Waals surface area contributed by atoms with E-state index in [1.165, 1.54) is 12.8 Å². The normalized spacial score (nSPS) is 22.4. The van der Waals surface area contributed by atoms with Crippen molar-refractivity contribution in [2.24, 2.45) is 11.8 Å². The number of anilines is 3. The van der Waals surface area contributed by atoms with Crippen LogP contribution in [0, 0.1) is 34.5 Å². The zero-order valence-electron chi connectivity index (χ0n) is 27.4. The third kappa shape index (κ3) is 8.81. The maximum atomic E-state index is 12.9. The van der Waals surface area contributed by atoms with Gasteiger partial charge in [-0.25, -0.2) is 0 Å². The first-order valence-corrected chi connectivity index (χ1v) is 16.4. The monoisotopic (exact) mass is 615 g/mol. The topological polar surface area (TPSA) is 134 Å². The minimum atomic E-state index is -0.403. The Balaban J connectivity index is 1.63. The van der Waals surface area contributed by atoms with E-state index in [9.17, 15) is 15.3 Å². The van der Waals surface area contributed by atoms with Crippen LogP contribution in [-0.2, 0) is 4.79 Å². The number of hydrogen-bond donors (Lipinski definition) is 4. The van der Waals surface area contributed by atoms with E-state index >= 15 is 0 Å². The van der Waals surface area contributed by atoms with E-state index in [1.807, 2.05) is 45.3 Å². The van der Waals surface area contributed by atoms with Gasteiger partial charge in [0.05, 0.1) is 35.9 Å². The van der Waals surface area contributed by atoms with Crippen LogP contribution < -0.4 is 30.7 Å². The van der Waals surface area contributed by atoms with Crippen LogP contribution in [-0.4, -0.2) is 63.3 Å². The van der Waals surface area contributed by atoms with Crippen LogP contribution in [0.25, 0.3) is 0 Å². The molecule has 1 saturated heterocycles. The lowest BCUT2D eigenvalue weighted by Gasteiger charge is -2.38. The molecule has 2 aromatic carbocycles. The fraction of sp³-hybridized carbons (Fsp3) is 0.571. The van der Waals surface area contributed by atoms with Crippen molar-refractivity contribution < 1.29 is 14.3 Å². The number of carbonyl (C=O) groups is 1. The van der Waals surface area contributed by atoms with Gasteiger partial charge in [-0.3, -0.25) is 4.79 Å². The number of nitriles is 2. The van der Waals surface area contributed by atoms with Crippen LogP contribution in [0.15, 0.2) is 30.3 Å². The van der Waals surface area contributed by atoms with Crippen LogP contribution in [0.2, 0.25) is 0 Å². The number of nitrogens with one attached hydrogen (secondary N) is 4. The molecule has 0 aliphatic carbocycles. The molecule has 5 unspecified atom stereocenters. The molecule has 4 N–H and O–H groups in total. The summed E-state index contributed by atoms with van der Waals surface area (Å²) in [4.78, 5) is 15.0. The van der Waals surface area contributed by atoms with Crippen molar-refractivity contribution in [1.29, 1.82) is 10.5 Å². The van der Waals surface area contributed by atoms with Crippen LogP contribution in [0.3, 0.4) is 0 Å². The summed E-state index contributed by atoms with van der Waals surface area (Å²) in [5.74, 6) is 1.16. The number of rotatable bonds is 14. The smallest absolute Gasteiger partial charge is 0.224 e. The number of fused-ring (bicyclic) bond motifs is 1. The number of benzene rings is 2. The molecule has 5 atom stereocenters. The van der Waals surface area contributed by atoms with Gasteiger partial charge >= 0.3 is 0 Å². The number of hydrogen-bond acceptors (Lipinski definition) is 9. The predicted molar refractivity (Wildman–Crippen MR) is 179 cm³/mol. The largest absolute Gasteiger partial charge is 0.492 e. The van der Waals surface area contributed by atoms with E-state index in [4.69, 9.17) is 9.47 Å². The van der Waals surface area contributed by atoms with E-state index in [2.05, 4.69) is 52.2 Å². The third-order valence-corrected chi connectivity index (χ3v) is 8.72. The second-order valence-electron chi connectivity index (χ2n) is 12.5. The van der Waals surface area contributed by atoms with Crippen molar-refractivity contribution >= 4 is 23.0 Å². The molecule has 1 amide bonds. The van der Waals surface area contributed by atoms with Crippen LogP contribution in [0.5, 0.6) is 11.5 Å². The summed E-state index contributed by atoms with van der Waals surface area (Å²) in [6.45, 7) is 9.01. The molecule has 0 saturated carbocycles. The zero-order chi connectivity index (χ0) is 32.3. The second kappa shape index (κ2) is 16.4. The Kier molecular flexibility index (Phi) is 12.3. The van der Waals surface area contributed by atoms with Crippen LogP contribution >= 0.6 is 0 Å². The summed E-state index contributed by atoms with van der Waals surface area (Å²) in [7, 11) is 3.98. The molecule has 2 aromatic rings. The molecule has 0 radical (unpaired) electrons. The standard InChI is InChI=1S/C35H49N7O3/c1-6-10-28-27(21-37)35(39-25-13-14-32(24(17-25)20-36)45-22-31-23(3)11-8-15-38-31)26-18-30(33(44-7-2)19-29(26)40-28)41-34(43)12-9-16-42(4)5/h13-14,17-19,23,27-28,31,35,38-40H,6-12,15-16,22H2,1-5H3,(H,41,43). The number of ether oxygens (including phenoxy) is 2. The molecule has 0 spiro atoms. The van der Waals surface area contributed by atoms with Gasteiger partial charge in [-0.15, -0.1) is 0 Å². The molecule has 2 aliphatic rings. The Morgan fingerprint density at radius 1 is 1.11 bits per heavy atom. The Labute approximate surface area is 268 Å². The highest BCUT2D eigenvalue weighted by Gasteiger charge is 2.37. The van der Waals surface area contributed by atoms with Gasteiger partial charge < -0.3 is 35.6 Å². The Morgan fingerprint density at radius 3 is 2.62 bits per heavy atom. The van der Waals surface area contributed by atoms with E-state index in [1.54, 1.807) is 6.07 Å². The van der Waals surface area contributed by atoms with Crippen molar-refractivity contribution in [1.82, 2.24) is 10.2 Å². The number of piperidine rings is 1. The summed E-state index contributed by atoms with van der Waals surface area (Å²) in [6.07, 6.45) is 5.19. The van der Waals surface area contributed by atoms with Crippen molar-refractivity contribution in [3.63, 3.8) is 0 Å². The third-order valence-electron chi connectivity index (χ3n) is 8.72. The number of nitrogens with zero attached hydrogens (tertiary/aromatic N) is 3. The fourth-order valence-electron chi connectivity index (χ4n) is 6.26. The average molecular weight is 616 g/mol. The molecule has 2 heterocycles. The van der Waals surface area contributed by atoms with Crippen LogP contribution in [0.4, 0.5) is 17.1 Å². The SMILES string of the molecule is CCCC1Nc2cc(OCC)c(NC(=O)CCCN(C)C)cc2C(Nc2ccc(OCC3NCCCC3C)c(C#N)c2)C1C#N. The molecule has 242 valence electrons. The van der Waals surface area contributed by atoms with E-state index < -0.39 is 12.0 Å². The highest BCUT2D eigenvalue weighted by Crippen LogP contribution is 2.44. The lowest BCUT2D eigenvalue weighted by molar-refractivity contribution is -0.116. The lowest BCUT2D eigenvalue weighted by atomic mass is 9.81. The van der Waals surface area contributed by atoms with E-state index in [0.29, 0.717) is 48.3 Å². The van der Waals surface area contributed by atoms with Gasteiger partial charge in [0.2, 0.25) is 5.91 Å². The van der Waals surface area contributed by atoms with E-state index in [0.717, 1.165) is 49.3 Å². The average Bonchev–Trinajstić information content (AvgIpc) is 3.01. The van der Waals surface area contributed by atoms with Crippen molar-refractivity contribution in [3.05, 3.63) is 41.5 Å². The first kappa shape index (κ1) is 33.9. The Morgan fingerprint density at radius 2 is 1.93 bits per heavy atom. The Bertz CT molecular complexity index is 1380. The number of carbonyl (C=O) groups excluding carboxylic acids is 1. The first-order valence-electron chi connectivity index (χ1n) is 16.4. The summed E-state index contributed by atoms with van der Waals surface area (Å²) in [6, 6.07) is 14.0. The van der Waals surface area contributed by atoms with Gasteiger partial charge in [0.15, 0.2) is 0 Å². The number of amides is 1. The molecule has 0 aromatic heterocycles. The molecule has 45 heavy (non-hydrogen) atoms. The molecular formula is C35H49N7O3. The highest BCUT2D eigenvalue weighted by molar-refractivity contribution is 5.93. The first-order chi connectivity index (χ1) is 21.8. The summed E-state index contributed by atoms with van der Waals surface area (Å²) in [5, 5.41) is 34.2. The molecule has 10 heteroatoms. The van der Waals surface area contributed by atoms with Gasteiger partial charge in [0.25, 0.3) is 0 Å². The minimum absolute atomic E-state index is 0.0844. The predicted octanol–water partition coefficient (Wildman–Crippen LogP) is 5.89. The maximum Gasteiger partial charge on any atom is 0.224 e. The van der Waals surface area contributed by atoms with Crippen molar-refractivity contribution in [2.75, 3.05) is 56.3 Å². The lowest BCUT2D eigenvalue weighted by Crippen LogP contribution is -2.44. The highest BCUT2D eigenvalue weighted by atomic mass is 16.5. The summed E-state index contributed by atoms with van der Waals surface area (Å²) >= 11 is 0. The molecule has 0 bridgehead atoms. The van der Waals surface area contributed by atoms with Gasteiger partial charge in [-0.2, -0.15) is 10.5 Å². The molecule has 4 rings (SSSR count). The Hall–Kier alpha value is -3.99. The minimum Gasteiger partial charge on any atom is -0.492 e. The van der Waals surface area contributed by atoms with Crippen molar-refractivity contribution in [2.45, 2.75) is 77.4 Å². The summed E-state index contributed by atoms with van der Waals surface area (Å²) in [5.41, 5.74) is 3.46. The molecule has 2 aliphatic heterocycles. The van der Waals surface area contributed by atoms with Crippen molar-refractivity contribution in [3.8, 4) is 23.6 Å². The van der Waals surface area contributed by atoms with Gasteiger partial charge in [-0.1, -0.05) is 20.3 Å². The van der Waals surface area contributed by atoms with Crippen LogP contribution in [0.1, 0.15) is 76.5 Å². The zero-order valence-corrected chi connectivity index (χ0v) is 27.4. The fourth-order valence-corrected chi connectivity index (χ4v) is 6.26. The van der Waals surface area contributed by atoms with Gasteiger partial charge in [-0.05, 0) is 90.0 Å². The maximum absolute atomic E-state index is 12.9. The summed E-state index contributed by atoms with van der Waals surface area (Å²) < 4.78 is 12.1. The molecule has 10 nitrogen and oxygen atoms in total. The quantitative estimate of drug-likeness (QED) is 0.205. The van der Waals surface area contributed by atoms with E-state index in [-0.39, 0.29) is 18.0 Å².